The fraction of sp³-hybridized carbons (Fsp3) is 0.378. The van der Waals surface area contributed by atoms with Gasteiger partial charge in [0.05, 0.1) is 18.2 Å². The summed E-state index contributed by atoms with van der Waals surface area (Å²) in [7, 11) is -2.13. The summed E-state index contributed by atoms with van der Waals surface area (Å²) < 4.78 is 32.2. The molecule has 0 bridgehead atoms. The third kappa shape index (κ3) is 6.85. The van der Waals surface area contributed by atoms with Crippen molar-refractivity contribution in [2.45, 2.75) is 77.4 Å². The van der Waals surface area contributed by atoms with Crippen LogP contribution in [0.1, 0.15) is 63.6 Å². The van der Waals surface area contributed by atoms with Crippen LogP contribution in [0, 0.1) is 12.7 Å². The van der Waals surface area contributed by atoms with Crippen molar-refractivity contribution in [3.8, 4) is 22.4 Å². The van der Waals surface area contributed by atoms with E-state index in [1.54, 1.807) is 29.1 Å². The highest BCUT2D eigenvalue weighted by atomic mass is 35.5. The summed E-state index contributed by atoms with van der Waals surface area (Å²) >= 11 is 6.39. The maximum Gasteiger partial charge on any atom is 0.251 e. The smallest absolute Gasteiger partial charge is 0.251 e. The Morgan fingerprint density at radius 2 is 1.89 bits per heavy atom. The summed E-state index contributed by atoms with van der Waals surface area (Å²) in [5, 5.41) is 6.33. The van der Waals surface area contributed by atoms with Crippen molar-refractivity contribution in [3.05, 3.63) is 106 Å². The molecule has 0 spiro atoms. The van der Waals surface area contributed by atoms with Crippen molar-refractivity contribution < 1.29 is 13.6 Å². The van der Waals surface area contributed by atoms with E-state index >= 15 is 4.39 Å². The molecule has 0 aliphatic carbocycles. The molecule has 6 rings (SSSR count). The van der Waals surface area contributed by atoms with E-state index in [1.807, 2.05) is 48.0 Å². The Hall–Kier alpha value is -3.63. The molecule has 1 saturated heterocycles. The number of fused-ring (bicyclic) bond motifs is 1. The molecular formula is C37H42ClFN4O3Si. The van der Waals surface area contributed by atoms with Crippen LogP contribution in [0.15, 0.2) is 77.9 Å². The minimum absolute atomic E-state index is 0.00159. The molecule has 10 heteroatoms. The summed E-state index contributed by atoms with van der Waals surface area (Å²) in [4.78, 5) is 18.2. The summed E-state index contributed by atoms with van der Waals surface area (Å²) in [6.07, 6.45) is 6.03. The minimum Gasteiger partial charge on any atom is -0.414 e. The van der Waals surface area contributed by atoms with Gasteiger partial charge in [0.25, 0.3) is 5.56 Å². The maximum absolute atomic E-state index is 16.1. The van der Waals surface area contributed by atoms with Crippen LogP contribution in [-0.4, -0.2) is 40.9 Å². The lowest BCUT2D eigenvalue weighted by molar-refractivity contribution is -0.0365. The molecule has 1 aliphatic rings. The quantitative estimate of drug-likeness (QED) is 0.154. The Morgan fingerprint density at radius 3 is 2.57 bits per heavy atom. The Morgan fingerprint density at radius 1 is 1.09 bits per heavy atom. The third-order valence-corrected chi connectivity index (χ3v) is 14.4. The van der Waals surface area contributed by atoms with Crippen molar-refractivity contribution in [2.75, 3.05) is 13.2 Å². The lowest BCUT2D eigenvalue weighted by Crippen LogP contribution is -2.43. The van der Waals surface area contributed by atoms with Crippen LogP contribution in [0.3, 0.4) is 0 Å². The molecule has 246 valence electrons. The lowest BCUT2D eigenvalue weighted by atomic mass is 10.0. The first kappa shape index (κ1) is 33.3. The Labute approximate surface area is 281 Å². The predicted molar refractivity (Wildman–Crippen MR) is 189 cm³/mol. The summed E-state index contributed by atoms with van der Waals surface area (Å²) in [5.74, 6) is -0.434. The van der Waals surface area contributed by atoms with Gasteiger partial charge in [-0.05, 0) is 91.8 Å². The van der Waals surface area contributed by atoms with E-state index in [-0.39, 0.29) is 16.8 Å². The molecule has 1 fully saturated rings. The normalized spacial score (nSPS) is 16.5. The topological polar surface area (TPSA) is 71.2 Å². The predicted octanol–water partition coefficient (Wildman–Crippen LogP) is 9.34. The van der Waals surface area contributed by atoms with Crippen molar-refractivity contribution >= 4 is 30.8 Å². The molecule has 5 aromatic rings. The molecule has 1 aliphatic heterocycles. The first-order valence-electron chi connectivity index (χ1n) is 16.2. The average Bonchev–Trinajstić information content (AvgIpc) is 3.39. The van der Waals surface area contributed by atoms with E-state index in [2.05, 4.69) is 38.8 Å². The van der Waals surface area contributed by atoms with Crippen molar-refractivity contribution in [3.63, 3.8) is 0 Å². The van der Waals surface area contributed by atoms with Crippen LogP contribution >= 0.6 is 11.6 Å². The zero-order valence-corrected chi connectivity index (χ0v) is 29.6. The maximum atomic E-state index is 16.1. The zero-order valence-electron chi connectivity index (χ0n) is 27.9. The third-order valence-electron chi connectivity index (χ3n) is 9.63. The molecule has 7 nitrogen and oxygen atoms in total. The van der Waals surface area contributed by atoms with Gasteiger partial charge in [0.15, 0.2) is 14.5 Å². The van der Waals surface area contributed by atoms with Gasteiger partial charge in [-0.2, -0.15) is 5.10 Å². The second-order valence-corrected chi connectivity index (χ2v) is 19.2. The van der Waals surface area contributed by atoms with E-state index < -0.39 is 20.2 Å². The van der Waals surface area contributed by atoms with Gasteiger partial charge in [0, 0.05) is 58.4 Å². The fourth-order valence-electron chi connectivity index (χ4n) is 5.89. The Bertz CT molecular complexity index is 1980. The van der Waals surface area contributed by atoms with E-state index in [0.717, 1.165) is 47.2 Å². The minimum atomic E-state index is -2.13. The fourth-order valence-corrected chi connectivity index (χ4v) is 7.10. The standard InChI is InChI=1S/C37H42ClFN4O3Si/c1-24-18-27(13-15-40-24)36-30-21-29(31(39)22-32(30)43(41-36)35-12-7-8-17-45-35)25-14-16-42(34(44)20-25)33(26-10-9-11-28(38)19-26)23-46-47(5,6)37(2,3)4/h9-11,13-16,18-22,33,35H,7-8,12,17,23H2,1-6H3/t33-,35?/m1/s1. The number of benzene rings is 2. The molecule has 47 heavy (non-hydrogen) atoms. The number of ether oxygens (including phenoxy) is 1. The van der Waals surface area contributed by atoms with Gasteiger partial charge in [0.1, 0.15) is 11.5 Å². The zero-order chi connectivity index (χ0) is 33.5. The highest BCUT2D eigenvalue weighted by Gasteiger charge is 2.38. The number of rotatable bonds is 8. The molecule has 0 amide bonds. The SMILES string of the molecule is Cc1cc(-c2nn(C3CCCCO3)c3cc(F)c(-c4ccn([C@H](CO[Si](C)(C)C(C)(C)C)c5cccc(Cl)c5)c(=O)c4)cc23)ccn1. The van der Waals surface area contributed by atoms with Crippen LogP contribution in [-0.2, 0) is 9.16 Å². The van der Waals surface area contributed by atoms with E-state index in [4.69, 9.17) is 25.9 Å². The molecule has 0 radical (unpaired) electrons. The molecule has 2 atom stereocenters. The van der Waals surface area contributed by atoms with E-state index in [9.17, 15) is 4.79 Å². The highest BCUT2D eigenvalue weighted by molar-refractivity contribution is 6.74. The number of aryl methyl sites for hydroxylation is 1. The van der Waals surface area contributed by atoms with Crippen molar-refractivity contribution in [2.24, 2.45) is 0 Å². The highest BCUT2D eigenvalue weighted by Crippen LogP contribution is 2.39. The molecule has 1 unspecified atom stereocenters. The van der Waals surface area contributed by atoms with Crippen LogP contribution in [0.2, 0.25) is 23.2 Å². The molecule has 4 heterocycles. The second kappa shape index (κ2) is 13.1. The van der Waals surface area contributed by atoms with E-state index in [1.165, 1.54) is 12.1 Å². The Kier molecular flexibility index (Phi) is 9.28. The molecule has 0 saturated carbocycles. The summed E-state index contributed by atoms with van der Waals surface area (Å²) in [5.41, 5.74) is 4.54. The number of hydrogen-bond acceptors (Lipinski definition) is 5. The van der Waals surface area contributed by atoms with Gasteiger partial charge in [-0.1, -0.05) is 44.5 Å². The largest absolute Gasteiger partial charge is 0.414 e. The Balaban J connectivity index is 1.43. The van der Waals surface area contributed by atoms with Gasteiger partial charge in [-0.25, -0.2) is 9.07 Å². The average molecular weight is 673 g/mol. The van der Waals surface area contributed by atoms with Crippen molar-refractivity contribution in [1.82, 2.24) is 19.3 Å². The number of halogens is 2. The lowest BCUT2D eigenvalue weighted by Gasteiger charge is -2.37. The van der Waals surface area contributed by atoms with Crippen LogP contribution in [0.5, 0.6) is 0 Å². The molecule has 0 N–H and O–H groups in total. The van der Waals surface area contributed by atoms with Gasteiger partial charge < -0.3 is 13.7 Å². The molecular weight excluding hydrogens is 631 g/mol. The first-order chi connectivity index (χ1) is 22.3. The monoisotopic (exact) mass is 672 g/mol. The first-order valence-corrected chi connectivity index (χ1v) is 19.5. The number of aromatic nitrogens is 4. The van der Waals surface area contributed by atoms with Crippen LogP contribution in [0.4, 0.5) is 4.39 Å². The van der Waals surface area contributed by atoms with Crippen molar-refractivity contribution in [1.29, 1.82) is 0 Å². The van der Waals surface area contributed by atoms with Crippen LogP contribution < -0.4 is 5.56 Å². The number of pyridine rings is 2. The molecule has 3 aromatic heterocycles. The number of nitrogens with zero attached hydrogens (tertiary/aromatic N) is 4. The summed E-state index contributed by atoms with van der Waals surface area (Å²) in [6.45, 7) is 13.8. The van der Waals surface area contributed by atoms with Gasteiger partial charge in [0.2, 0.25) is 0 Å². The summed E-state index contributed by atoms with van der Waals surface area (Å²) in [6, 6.07) is 17.6. The number of hydrogen-bond donors (Lipinski definition) is 0. The second-order valence-electron chi connectivity index (χ2n) is 14.0. The van der Waals surface area contributed by atoms with Gasteiger partial charge in [-0.3, -0.25) is 9.78 Å². The molecule has 2 aromatic carbocycles. The van der Waals surface area contributed by atoms with Crippen LogP contribution in [0.25, 0.3) is 33.3 Å². The van der Waals surface area contributed by atoms with E-state index in [0.29, 0.717) is 34.9 Å². The van der Waals surface area contributed by atoms with Gasteiger partial charge in [-0.15, -0.1) is 0 Å². The van der Waals surface area contributed by atoms with Gasteiger partial charge >= 0.3 is 0 Å².